The molecule has 2 saturated heterocycles. The minimum Gasteiger partial charge on any atom is -0.383 e. The molecule has 2 fully saturated rings. The van der Waals surface area contributed by atoms with Gasteiger partial charge in [-0.3, -0.25) is 9.80 Å². The molecule has 2 aliphatic heterocycles. The molecule has 0 bridgehead atoms. The Labute approximate surface area is 130 Å². The third-order valence-corrected chi connectivity index (χ3v) is 5.23. The largest absolute Gasteiger partial charge is 0.383 e. The van der Waals surface area contributed by atoms with Crippen LogP contribution in [-0.4, -0.2) is 55.1 Å². The van der Waals surface area contributed by atoms with Gasteiger partial charge in [-0.05, 0) is 47.4 Å². The van der Waals surface area contributed by atoms with Crippen molar-refractivity contribution in [2.75, 3.05) is 44.6 Å². The molecule has 2 heterocycles. The van der Waals surface area contributed by atoms with E-state index in [4.69, 9.17) is 0 Å². The summed E-state index contributed by atoms with van der Waals surface area (Å²) < 4.78 is 1.15. The lowest BCUT2D eigenvalue weighted by Gasteiger charge is -2.44. The molecule has 0 aromatic heterocycles. The van der Waals surface area contributed by atoms with Crippen LogP contribution in [0.3, 0.4) is 0 Å². The fraction of sp³-hybridized carbons (Fsp3) is 0.625. The second kappa shape index (κ2) is 6.92. The predicted molar refractivity (Wildman–Crippen MR) is 88.3 cm³/mol. The molecule has 110 valence electrons. The maximum Gasteiger partial charge on any atom is 0.0485 e. The Bertz CT molecular complexity index is 437. The van der Waals surface area contributed by atoms with E-state index in [-0.39, 0.29) is 0 Å². The smallest absolute Gasteiger partial charge is 0.0485 e. The highest BCUT2D eigenvalue weighted by atomic mass is 79.9. The minimum atomic E-state index is 0.820. The van der Waals surface area contributed by atoms with Crippen molar-refractivity contribution in [3.8, 4) is 0 Å². The van der Waals surface area contributed by atoms with Crippen molar-refractivity contribution in [1.29, 1.82) is 0 Å². The Morgan fingerprint density at radius 1 is 1.15 bits per heavy atom. The quantitative estimate of drug-likeness (QED) is 0.910. The van der Waals surface area contributed by atoms with E-state index >= 15 is 0 Å². The van der Waals surface area contributed by atoms with E-state index in [1.165, 1.54) is 51.1 Å². The van der Waals surface area contributed by atoms with E-state index < -0.39 is 0 Å². The molecule has 1 atom stereocenters. The van der Waals surface area contributed by atoms with Crippen LogP contribution in [-0.2, 0) is 0 Å². The number of benzene rings is 1. The molecule has 1 aromatic rings. The molecule has 2 aliphatic rings. The standard InChI is InChI=1S/C16H24BrN3/c17-15-6-1-2-7-16(15)18-8-10-19-11-12-20-9-4-3-5-14(20)13-19/h1-2,6-7,14,18H,3-5,8-13H2. The first kappa shape index (κ1) is 14.4. The van der Waals surface area contributed by atoms with E-state index in [0.717, 1.165) is 23.6 Å². The molecule has 4 heteroatoms. The maximum atomic E-state index is 3.59. The summed E-state index contributed by atoms with van der Waals surface area (Å²) in [7, 11) is 0. The molecular formula is C16H24BrN3. The summed E-state index contributed by atoms with van der Waals surface area (Å²) in [5, 5.41) is 3.53. The van der Waals surface area contributed by atoms with Crippen LogP contribution in [0, 0.1) is 0 Å². The van der Waals surface area contributed by atoms with Gasteiger partial charge in [0.2, 0.25) is 0 Å². The second-order valence-electron chi connectivity index (χ2n) is 5.89. The number of anilines is 1. The van der Waals surface area contributed by atoms with Crippen LogP contribution in [0.4, 0.5) is 5.69 Å². The third kappa shape index (κ3) is 3.54. The Morgan fingerprint density at radius 2 is 2.05 bits per heavy atom. The van der Waals surface area contributed by atoms with Gasteiger partial charge in [-0.1, -0.05) is 18.6 Å². The normalized spacial score (nSPS) is 24.4. The number of fused-ring (bicyclic) bond motifs is 1. The van der Waals surface area contributed by atoms with Gasteiger partial charge in [-0.25, -0.2) is 0 Å². The lowest BCUT2D eigenvalue weighted by Crippen LogP contribution is -2.55. The third-order valence-electron chi connectivity index (χ3n) is 4.54. The highest BCUT2D eigenvalue weighted by molar-refractivity contribution is 9.10. The molecule has 0 spiro atoms. The first-order chi connectivity index (χ1) is 9.83. The number of hydrogen-bond acceptors (Lipinski definition) is 3. The molecule has 1 unspecified atom stereocenters. The topological polar surface area (TPSA) is 18.5 Å². The molecular weight excluding hydrogens is 314 g/mol. The summed E-state index contributed by atoms with van der Waals surface area (Å²) in [5.74, 6) is 0. The minimum absolute atomic E-state index is 0.820. The Morgan fingerprint density at radius 3 is 2.95 bits per heavy atom. The number of nitrogens with one attached hydrogen (secondary N) is 1. The van der Waals surface area contributed by atoms with Crippen molar-refractivity contribution in [2.45, 2.75) is 25.3 Å². The maximum absolute atomic E-state index is 3.59. The lowest BCUT2D eigenvalue weighted by atomic mass is 9.99. The van der Waals surface area contributed by atoms with Crippen molar-refractivity contribution >= 4 is 21.6 Å². The van der Waals surface area contributed by atoms with E-state index in [0.29, 0.717) is 0 Å². The Balaban J connectivity index is 1.44. The zero-order valence-corrected chi connectivity index (χ0v) is 13.6. The number of nitrogens with zero attached hydrogens (tertiary/aromatic N) is 2. The predicted octanol–water partition coefficient (Wildman–Crippen LogP) is 3.03. The van der Waals surface area contributed by atoms with Crippen LogP contribution in [0.5, 0.6) is 0 Å². The monoisotopic (exact) mass is 337 g/mol. The molecule has 0 aliphatic carbocycles. The average Bonchev–Trinajstić information content (AvgIpc) is 2.49. The first-order valence-corrected chi connectivity index (χ1v) is 8.57. The molecule has 0 amide bonds. The van der Waals surface area contributed by atoms with Crippen LogP contribution >= 0.6 is 15.9 Å². The van der Waals surface area contributed by atoms with Gasteiger partial charge < -0.3 is 5.32 Å². The molecule has 1 N–H and O–H groups in total. The van der Waals surface area contributed by atoms with Gasteiger partial charge in [0.05, 0.1) is 0 Å². The van der Waals surface area contributed by atoms with Gasteiger partial charge >= 0.3 is 0 Å². The van der Waals surface area contributed by atoms with Crippen LogP contribution in [0.15, 0.2) is 28.7 Å². The van der Waals surface area contributed by atoms with Crippen molar-refractivity contribution in [1.82, 2.24) is 9.80 Å². The number of piperidine rings is 1. The van der Waals surface area contributed by atoms with Gasteiger partial charge in [0.1, 0.15) is 0 Å². The van der Waals surface area contributed by atoms with E-state index in [1.807, 2.05) is 0 Å². The van der Waals surface area contributed by atoms with Gasteiger partial charge in [0.25, 0.3) is 0 Å². The van der Waals surface area contributed by atoms with Crippen molar-refractivity contribution < 1.29 is 0 Å². The number of rotatable bonds is 4. The summed E-state index contributed by atoms with van der Waals surface area (Å²) in [6.07, 6.45) is 4.22. The van der Waals surface area contributed by atoms with Crippen LogP contribution in [0.2, 0.25) is 0 Å². The highest BCUT2D eigenvalue weighted by Crippen LogP contribution is 2.22. The molecule has 20 heavy (non-hydrogen) atoms. The summed E-state index contributed by atoms with van der Waals surface area (Å²) in [6.45, 7) is 7.25. The SMILES string of the molecule is Brc1ccccc1NCCN1CCN2CCCCC2C1. The van der Waals surface area contributed by atoms with Crippen LogP contribution in [0.1, 0.15) is 19.3 Å². The molecule has 0 saturated carbocycles. The van der Waals surface area contributed by atoms with E-state index in [2.05, 4.69) is 55.3 Å². The number of halogens is 1. The zero-order valence-electron chi connectivity index (χ0n) is 12.0. The second-order valence-corrected chi connectivity index (χ2v) is 6.75. The number of para-hydroxylation sites is 1. The fourth-order valence-corrected chi connectivity index (χ4v) is 3.80. The molecule has 3 rings (SSSR count). The summed E-state index contributed by atoms with van der Waals surface area (Å²) in [4.78, 5) is 5.32. The first-order valence-electron chi connectivity index (χ1n) is 7.78. The molecule has 3 nitrogen and oxygen atoms in total. The van der Waals surface area contributed by atoms with Gasteiger partial charge in [-0.15, -0.1) is 0 Å². The molecule has 1 aromatic carbocycles. The van der Waals surface area contributed by atoms with E-state index in [9.17, 15) is 0 Å². The van der Waals surface area contributed by atoms with Gasteiger partial charge in [-0.2, -0.15) is 0 Å². The van der Waals surface area contributed by atoms with Crippen molar-refractivity contribution in [3.63, 3.8) is 0 Å². The summed E-state index contributed by atoms with van der Waals surface area (Å²) >= 11 is 3.59. The van der Waals surface area contributed by atoms with Crippen molar-refractivity contribution in [2.24, 2.45) is 0 Å². The number of hydrogen-bond donors (Lipinski definition) is 1. The molecule has 0 radical (unpaired) electrons. The number of piperazine rings is 1. The Kier molecular flexibility index (Phi) is 4.97. The van der Waals surface area contributed by atoms with Gasteiger partial charge in [0, 0.05) is 48.9 Å². The van der Waals surface area contributed by atoms with Gasteiger partial charge in [0.15, 0.2) is 0 Å². The fourth-order valence-electron chi connectivity index (χ4n) is 3.38. The summed E-state index contributed by atoms with van der Waals surface area (Å²) in [5.41, 5.74) is 1.20. The lowest BCUT2D eigenvalue weighted by molar-refractivity contribution is 0.0515. The van der Waals surface area contributed by atoms with Crippen LogP contribution in [0.25, 0.3) is 0 Å². The Hall–Kier alpha value is -0.580. The highest BCUT2D eigenvalue weighted by Gasteiger charge is 2.28. The van der Waals surface area contributed by atoms with Crippen LogP contribution < -0.4 is 5.32 Å². The van der Waals surface area contributed by atoms with Crippen molar-refractivity contribution in [3.05, 3.63) is 28.7 Å². The van der Waals surface area contributed by atoms with E-state index in [1.54, 1.807) is 0 Å². The summed E-state index contributed by atoms with van der Waals surface area (Å²) in [6, 6.07) is 9.17. The average molecular weight is 338 g/mol. The zero-order chi connectivity index (χ0) is 13.8.